The summed E-state index contributed by atoms with van der Waals surface area (Å²) in [4.78, 5) is 61.4. The summed E-state index contributed by atoms with van der Waals surface area (Å²) >= 11 is 0. The van der Waals surface area contributed by atoms with Crippen LogP contribution < -0.4 is 0 Å². The van der Waals surface area contributed by atoms with Crippen molar-refractivity contribution < 1.29 is 57.6 Å². The maximum atomic E-state index is 11.9. The molecule has 0 spiro atoms. The van der Waals surface area contributed by atoms with Gasteiger partial charge in [0.1, 0.15) is 5.76 Å². The Bertz CT molecular complexity index is 1100. The van der Waals surface area contributed by atoms with Gasteiger partial charge in [0.2, 0.25) is 17.3 Å². The van der Waals surface area contributed by atoms with Crippen LogP contribution in [0.15, 0.2) is 46.5 Å². The van der Waals surface area contributed by atoms with Crippen molar-refractivity contribution in [1.82, 2.24) is 0 Å². The first kappa shape index (κ1) is 39.8. The normalized spacial score (nSPS) is 15.6. The van der Waals surface area contributed by atoms with Crippen molar-refractivity contribution in [2.24, 2.45) is 0 Å². The smallest absolute Gasteiger partial charge is 0.383 e. The molecule has 2 rings (SSSR count). The lowest BCUT2D eigenvalue weighted by Gasteiger charge is -2.04. The SMILES string of the molecule is C/C=C1\OC(=O)C(OC(=O)CCCCCCCCCCCCCCC)=C1C.COC(=O)/C=C1\OC(=O)C(O)=C1OC.O=C=O. The van der Waals surface area contributed by atoms with Crippen LogP contribution in [0.4, 0.5) is 0 Å². The second-order valence-corrected chi connectivity index (χ2v) is 9.85. The van der Waals surface area contributed by atoms with Gasteiger partial charge in [0.15, 0.2) is 5.76 Å². The minimum absolute atomic E-state index is 0.0443. The van der Waals surface area contributed by atoms with E-state index in [2.05, 4.69) is 21.1 Å². The lowest BCUT2D eigenvalue weighted by Crippen LogP contribution is -2.10. The molecule has 12 nitrogen and oxygen atoms in total. The first-order chi connectivity index (χ1) is 21.1. The summed E-state index contributed by atoms with van der Waals surface area (Å²) in [7, 11) is 2.41. The molecule has 12 heteroatoms. The van der Waals surface area contributed by atoms with Crippen LogP contribution >= 0.6 is 0 Å². The Morgan fingerprint density at radius 1 is 0.795 bits per heavy atom. The van der Waals surface area contributed by atoms with E-state index in [0.29, 0.717) is 17.8 Å². The number of hydrogen-bond donors (Lipinski definition) is 1. The van der Waals surface area contributed by atoms with Crippen molar-refractivity contribution >= 4 is 30.0 Å². The van der Waals surface area contributed by atoms with Crippen LogP contribution in [0.3, 0.4) is 0 Å². The molecule has 0 saturated heterocycles. The quantitative estimate of drug-likeness (QED) is 0.0847. The lowest BCUT2D eigenvalue weighted by molar-refractivity contribution is -0.191. The Hall–Kier alpha value is -4.18. The monoisotopic (exact) mass is 622 g/mol. The van der Waals surface area contributed by atoms with Gasteiger partial charge in [-0.05, 0) is 26.3 Å². The minimum Gasteiger partial charge on any atom is -0.499 e. The number of carbonyl (C=O) groups excluding carboxylic acids is 6. The summed E-state index contributed by atoms with van der Waals surface area (Å²) in [6.07, 6.45) is 19.7. The Balaban J connectivity index is 0.000000905. The van der Waals surface area contributed by atoms with Crippen LogP contribution in [-0.2, 0) is 52.5 Å². The average molecular weight is 623 g/mol. The first-order valence-corrected chi connectivity index (χ1v) is 14.9. The second kappa shape index (κ2) is 24.3. The van der Waals surface area contributed by atoms with Gasteiger partial charge < -0.3 is 28.8 Å². The molecule has 1 N–H and O–H groups in total. The standard InChI is InChI=1S/C23H38O4.C8H8O6.CO2/c1-4-6-7-8-9-10-11-12-13-14-15-16-17-18-21(24)27-22-19(3)20(5-2)26-23(22)25;1-12-5(9)3-4-7(13-2)6(10)8(11)14-4;2-1-3/h5H,4,6-18H2,1-3H3;3,10H,1-2H3;/b20-5-;4-3-;. The van der Waals surface area contributed by atoms with Crippen molar-refractivity contribution in [2.45, 2.75) is 111 Å². The molecule has 44 heavy (non-hydrogen) atoms. The molecule has 0 aliphatic carbocycles. The topological polar surface area (TPSA) is 169 Å². The number of cyclic esters (lactones) is 2. The molecule has 0 atom stereocenters. The number of aliphatic hydroxyl groups excluding tert-OH is 1. The second-order valence-electron chi connectivity index (χ2n) is 9.85. The highest BCUT2D eigenvalue weighted by atomic mass is 16.6. The molecule has 246 valence electrons. The number of rotatable bonds is 17. The van der Waals surface area contributed by atoms with Crippen LogP contribution in [0.2, 0.25) is 0 Å². The maximum absolute atomic E-state index is 11.9. The summed E-state index contributed by atoms with van der Waals surface area (Å²) in [5, 5.41) is 9.10. The first-order valence-electron chi connectivity index (χ1n) is 14.9. The number of methoxy groups -OCH3 is 2. The lowest BCUT2D eigenvalue weighted by atomic mass is 10.0. The van der Waals surface area contributed by atoms with E-state index >= 15 is 0 Å². The van der Waals surface area contributed by atoms with Crippen molar-refractivity contribution in [3.63, 3.8) is 0 Å². The van der Waals surface area contributed by atoms with Gasteiger partial charge in [0, 0.05) is 12.0 Å². The van der Waals surface area contributed by atoms with Crippen LogP contribution in [-0.4, -0.2) is 49.4 Å². The number of hydrogen-bond acceptors (Lipinski definition) is 12. The molecule has 0 bridgehead atoms. The fourth-order valence-corrected chi connectivity index (χ4v) is 4.20. The van der Waals surface area contributed by atoms with E-state index in [1.165, 1.54) is 78.4 Å². The Morgan fingerprint density at radius 3 is 1.70 bits per heavy atom. The summed E-state index contributed by atoms with van der Waals surface area (Å²) in [6.45, 7) is 5.77. The molecule has 2 heterocycles. The highest BCUT2D eigenvalue weighted by molar-refractivity contribution is 5.95. The van der Waals surface area contributed by atoms with Gasteiger partial charge in [-0.3, -0.25) is 4.79 Å². The molecule has 0 aromatic heterocycles. The predicted octanol–water partition coefficient (Wildman–Crippen LogP) is 6.18. The zero-order valence-corrected chi connectivity index (χ0v) is 26.5. The molecule has 2 aliphatic rings. The molecule has 2 aliphatic heterocycles. The van der Waals surface area contributed by atoms with Gasteiger partial charge in [-0.25, -0.2) is 14.4 Å². The summed E-state index contributed by atoms with van der Waals surface area (Å²) in [5.41, 5.74) is 0.598. The van der Waals surface area contributed by atoms with E-state index in [0.717, 1.165) is 25.3 Å². The average Bonchev–Trinajstić information content (AvgIpc) is 3.43. The maximum Gasteiger partial charge on any atom is 0.383 e. The van der Waals surface area contributed by atoms with E-state index in [1.54, 1.807) is 19.9 Å². The van der Waals surface area contributed by atoms with Gasteiger partial charge in [0.25, 0.3) is 0 Å². The van der Waals surface area contributed by atoms with Crippen molar-refractivity contribution in [2.75, 3.05) is 14.2 Å². The van der Waals surface area contributed by atoms with Gasteiger partial charge >= 0.3 is 30.0 Å². The van der Waals surface area contributed by atoms with E-state index in [-0.39, 0.29) is 29.4 Å². The van der Waals surface area contributed by atoms with Gasteiger partial charge in [0.05, 0.1) is 20.3 Å². The molecular weight excluding hydrogens is 576 g/mol. The number of allylic oxidation sites excluding steroid dienone is 2. The highest BCUT2D eigenvalue weighted by Crippen LogP contribution is 2.27. The zero-order chi connectivity index (χ0) is 33.3. The number of aliphatic hydroxyl groups is 1. The molecule has 0 fully saturated rings. The van der Waals surface area contributed by atoms with E-state index in [9.17, 15) is 19.2 Å². The largest absolute Gasteiger partial charge is 0.499 e. The molecule has 0 radical (unpaired) electrons. The predicted molar refractivity (Wildman–Crippen MR) is 157 cm³/mol. The molecule has 0 aromatic rings. The molecule has 0 unspecified atom stereocenters. The minimum atomic E-state index is -0.961. The van der Waals surface area contributed by atoms with Crippen molar-refractivity contribution in [1.29, 1.82) is 0 Å². The fraction of sp³-hybridized carbons (Fsp3) is 0.594. The Labute approximate surface area is 259 Å². The van der Waals surface area contributed by atoms with Crippen molar-refractivity contribution in [3.8, 4) is 0 Å². The van der Waals surface area contributed by atoms with E-state index < -0.39 is 23.7 Å². The Kier molecular flexibility index (Phi) is 22.0. The summed E-state index contributed by atoms with van der Waals surface area (Å²) in [5.74, 6) is -3.08. The van der Waals surface area contributed by atoms with Crippen LogP contribution in [0, 0.1) is 0 Å². The highest BCUT2D eigenvalue weighted by Gasteiger charge is 2.32. The summed E-state index contributed by atoms with van der Waals surface area (Å²) in [6, 6.07) is 0. The third-order valence-electron chi connectivity index (χ3n) is 6.55. The number of carbonyl (C=O) groups is 4. The number of ether oxygens (including phenoxy) is 5. The van der Waals surface area contributed by atoms with Gasteiger partial charge in [-0.15, -0.1) is 0 Å². The van der Waals surface area contributed by atoms with Crippen LogP contribution in [0.5, 0.6) is 0 Å². The number of esters is 4. The van der Waals surface area contributed by atoms with Crippen LogP contribution in [0.25, 0.3) is 0 Å². The Morgan fingerprint density at radius 2 is 1.27 bits per heavy atom. The van der Waals surface area contributed by atoms with Crippen molar-refractivity contribution in [3.05, 3.63) is 46.5 Å². The third kappa shape index (κ3) is 15.9. The van der Waals surface area contributed by atoms with E-state index in [1.807, 2.05) is 0 Å². The van der Waals surface area contributed by atoms with Crippen LogP contribution in [0.1, 0.15) is 111 Å². The van der Waals surface area contributed by atoms with Gasteiger partial charge in [-0.1, -0.05) is 84.0 Å². The van der Waals surface area contributed by atoms with E-state index in [4.69, 9.17) is 24.2 Å². The molecule has 0 amide bonds. The van der Waals surface area contributed by atoms with Gasteiger partial charge in [-0.2, -0.15) is 9.59 Å². The number of unbranched alkanes of at least 4 members (excludes halogenated alkanes) is 12. The summed E-state index contributed by atoms with van der Waals surface area (Å²) < 4.78 is 23.7. The molecule has 0 aromatic carbocycles. The fourth-order valence-electron chi connectivity index (χ4n) is 4.20. The third-order valence-corrected chi connectivity index (χ3v) is 6.55. The molecule has 0 saturated carbocycles. The zero-order valence-electron chi connectivity index (χ0n) is 26.5. The molecular formula is C32H46O12.